The summed E-state index contributed by atoms with van der Waals surface area (Å²) in [5, 5.41) is 6.46. The Morgan fingerprint density at radius 3 is 2.67 bits per heavy atom. The predicted octanol–water partition coefficient (Wildman–Crippen LogP) is 6.22. The molecular formula is C28H26ClN3O3S. The molecule has 3 aromatic carbocycles. The maximum atomic E-state index is 13.3. The Labute approximate surface area is 219 Å². The monoisotopic (exact) mass is 519 g/mol. The van der Waals surface area contributed by atoms with Crippen LogP contribution in [0, 0.1) is 0 Å². The first-order valence-electron chi connectivity index (χ1n) is 11.7. The van der Waals surface area contributed by atoms with Gasteiger partial charge in [0.2, 0.25) is 0 Å². The molecule has 1 fully saturated rings. The number of morpholine rings is 1. The first-order valence-corrected chi connectivity index (χ1v) is 13.0. The van der Waals surface area contributed by atoms with Crippen molar-refractivity contribution < 1.29 is 14.3 Å². The van der Waals surface area contributed by atoms with Crippen LogP contribution in [0.4, 0.5) is 5.69 Å². The number of methoxy groups -OCH3 is 1. The second-order valence-corrected chi connectivity index (χ2v) is 9.73. The zero-order valence-corrected chi connectivity index (χ0v) is 21.4. The number of thiazole rings is 1. The van der Waals surface area contributed by atoms with Crippen molar-refractivity contribution in [2.75, 3.05) is 38.7 Å². The molecule has 0 atom stereocenters. The minimum absolute atomic E-state index is 0.190. The molecule has 0 bridgehead atoms. The molecule has 5 rings (SSSR count). The van der Waals surface area contributed by atoms with Gasteiger partial charge in [-0.05, 0) is 42.0 Å². The van der Waals surface area contributed by atoms with Crippen molar-refractivity contribution in [1.82, 2.24) is 9.88 Å². The third-order valence-electron chi connectivity index (χ3n) is 6.08. The molecule has 1 saturated heterocycles. The summed E-state index contributed by atoms with van der Waals surface area (Å²) in [5.74, 6) is 0.532. The highest BCUT2D eigenvalue weighted by molar-refractivity contribution is 7.13. The van der Waals surface area contributed by atoms with Gasteiger partial charge in [-0.2, -0.15) is 0 Å². The Kier molecular flexibility index (Phi) is 7.63. The van der Waals surface area contributed by atoms with Crippen LogP contribution in [0.3, 0.4) is 0 Å². The van der Waals surface area contributed by atoms with E-state index >= 15 is 0 Å². The molecule has 0 saturated carbocycles. The summed E-state index contributed by atoms with van der Waals surface area (Å²) in [6.07, 6.45) is 0. The van der Waals surface area contributed by atoms with Crippen LogP contribution < -0.4 is 10.1 Å². The molecule has 2 heterocycles. The number of carbonyl (C=O) groups excluding carboxylic acids is 1. The molecule has 184 valence electrons. The lowest BCUT2D eigenvalue weighted by molar-refractivity contribution is 0.0341. The summed E-state index contributed by atoms with van der Waals surface area (Å²) in [5.41, 5.74) is 4.85. The van der Waals surface area contributed by atoms with Crippen LogP contribution >= 0.6 is 22.9 Å². The van der Waals surface area contributed by atoms with Crippen LogP contribution in [0.1, 0.15) is 15.9 Å². The van der Waals surface area contributed by atoms with E-state index in [-0.39, 0.29) is 5.91 Å². The molecule has 1 aliphatic heterocycles. The van der Waals surface area contributed by atoms with E-state index < -0.39 is 0 Å². The van der Waals surface area contributed by atoms with E-state index in [2.05, 4.69) is 10.2 Å². The van der Waals surface area contributed by atoms with Crippen molar-refractivity contribution in [2.45, 2.75) is 6.54 Å². The van der Waals surface area contributed by atoms with Crippen LogP contribution in [-0.4, -0.2) is 49.2 Å². The van der Waals surface area contributed by atoms with E-state index in [4.69, 9.17) is 26.1 Å². The van der Waals surface area contributed by atoms with Crippen molar-refractivity contribution in [3.8, 4) is 27.6 Å². The third-order valence-corrected chi connectivity index (χ3v) is 7.29. The molecule has 0 spiro atoms. The van der Waals surface area contributed by atoms with Crippen molar-refractivity contribution in [2.24, 2.45) is 0 Å². The van der Waals surface area contributed by atoms with Gasteiger partial charge in [0.15, 0.2) is 0 Å². The van der Waals surface area contributed by atoms with Crippen LogP contribution in [0.2, 0.25) is 5.02 Å². The van der Waals surface area contributed by atoms with Crippen LogP contribution in [-0.2, 0) is 11.3 Å². The number of ether oxygens (including phenoxy) is 2. The largest absolute Gasteiger partial charge is 0.497 e. The summed E-state index contributed by atoms with van der Waals surface area (Å²) >= 11 is 8.20. The lowest BCUT2D eigenvalue weighted by Crippen LogP contribution is -2.36. The Bertz CT molecular complexity index is 1350. The van der Waals surface area contributed by atoms with Gasteiger partial charge >= 0.3 is 0 Å². The van der Waals surface area contributed by atoms with Crippen LogP contribution in [0.5, 0.6) is 5.75 Å². The van der Waals surface area contributed by atoms with E-state index in [1.807, 2.05) is 53.9 Å². The second-order valence-electron chi connectivity index (χ2n) is 8.46. The first-order chi connectivity index (χ1) is 17.6. The highest BCUT2D eigenvalue weighted by Crippen LogP contribution is 2.34. The molecule has 1 aliphatic rings. The number of anilines is 1. The number of benzene rings is 3. The molecule has 6 nitrogen and oxygen atoms in total. The van der Waals surface area contributed by atoms with Gasteiger partial charge in [-0.1, -0.05) is 41.9 Å². The van der Waals surface area contributed by atoms with Gasteiger partial charge in [-0.15, -0.1) is 11.3 Å². The van der Waals surface area contributed by atoms with Gasteiger partial charge in [0.1, 0.15) is 10.8 Å². The van der Waals surface area contributed by atoms with Crippen molar-refractivity contribution >= 4 is 34.5 Å². The Hall–Kier alpha value is -3.23. The fraction of sp³-hybridized carbons (Fsp3) is 0.214. The van der Waals surface area contributed by atoms with Gasteiger partial charge in [-0.3, -0.25) is 9.69 Å². The number of hydrogen-bond acceptors (Lipinski definition) is 6. The standard InChI is InChI=1S/C28H26ClN3O3S/c1-34-22-8-10-23(20(15-22)17-32-11-13-35-14-12-32)27(33)30-21-7-9-24(25(29)16-21)26-18-36-28(31-26)19-5-3-2-4-6-19/h2-10,15-16,18H,11-14,17H2,1H3,(H,30,33). The number of aromatic nitrogens is 1. The molecule has 1 aromatic heterocycles. The van der Waals surface area contributed by atoms with Gasteiger partial charge in [0.05, 0.1) is 31.0 Å². The summed E-state index contributed by atoms with van der Waals surface area (Å²) in [6, 6.07) is 21.1. The highest BCUT2D eigenvalue weighted by atomic mass is 35.5. The maximum absolute atomic E-state index is 13.3. The molecule has 1 amide bonds. The zero-order chi connectivity index (χ0) is 24.9. The number of nitrogens with one attached hydrogen (secondary N) is 1. The molecular weight excluding hydrogens is 494 g/mol. The first kappa shape index (κ1) is 24.5. The SMILES string of the molecule is COc1ccc(C(=O)Nc2ccc(-c3csc(-c4ccccc4)n3)c(Cl)c2)c(CN2CCOCC2)c1. The van der Waals surface area contributed by atoms with Crippen molar-refractivity contribution in [3.63, 3.8) is 0 Å². The Morgan fingerprint density at radius 2 is 1.92 bits per heavy atom. The summed E-state index contributed by atoms with van der Waals surface area (Å²) in [4.78, 5) is 20.3. The molecule has 0 radical (unpaired) electrons. The molecule has 36 heavy (non-hydrogen) atoms. The van der Waals surface area contributed by atoms with Gasteiger partial charge in [0, 0.05) is 47.4 Å². The molecule has 1 N–H and O–H groups in total. The highest BCUT2D eigenvalue weighted by Gasteiger charge is 2.18. The Morgan fingerprint density at radius 1 is 1.11 bits per heavy atom. The van der Waals surface area contributed by atoms with E-state index in [9.17, 15) is 4.79 Å². The van der Waals surface area contributed by atoms with E-state index in [0.717, 1.165) is 46.2 Å². The van der Waals surface area contributed by atoms with Crippen LogP contribution in [0.25, 0.3) is 21.8 Å². The molecule has 4 aromatic rings. The number of halogens is 1. The van der Waals surface area contributed by atoms with Gasteiger partial charge in [0.25, 0.3) is 5.91 Å². The average molecular weight is 520 g/mol. The summed E-state index contributed by atoms with van der Waals surface area (Å²) in [7, 11) is 1.63. The summed E-state index contributed by atoms with van der Waals surface area (Å²) in [6.45, 7) is 3.71. The minimum atomic E-state index is -0.190. The fourth-order valence-electron chi connectivity index (χ4n) is 4.16. The van der Waals surface area contributed by atoms with E-state index in [1.54, 1.807) is 36.6 Å². The zero-order valence-electron chi connectivity index (χ0n) is 19.9. The summed E-state index contributed by atoms with van der Waals surface area (Å²) < 4.78 is 10.9. The van der Waals surface area contributed by atoms with Gasteiger partial charge < -0.3 is 14.8 Å². The number of nitrogens with zero attached hydrogens (tertiary/aromatic N) is 2. The molecule has 0 unspecified atom stereocenters. The minimum Gasteiger partial charge on any atom is -0.497 e. The third kappa shape index (κ3) is 5.60. The smallest absolute Gasteiger partial charge is 0.255 e. The lowest BCUT2D eigenvalue weighted by Gasteiger charge is -2.27. The predicted molar refractivity (Wildman–Crippen MR) is 145 cm³/mol. The second kappa shape index (κ2) is 11.2. The number of rotatable bonds is 7. The maximum Gasteiger partial charge on any atom is 0.255 e. The van der Waals surface area contributed by atoms with Crippen molar-refractivity contribution in [1.29, 1.82) is 0 Å². The molecule has 0 aliphatic carbocycles. The van der Waals surface area contributed by atoms with Crippen molar-refractivity contribution in [3.05, 3.63) is 88.3 Å². The van der Waals surface area contributed by atoms with Crippen LogP contribution in [0.15, 0.2) is 72.1 Å². The number of carbonyl (C=O) groups is 1. The number of amides is 1. The normalized spacial score (nSPS) is 13.9. The van der Waals surface area contributed by atoms with E-state index in [1.165, 1.54) is 0 Å². The topological polar surface area (TPSA) is 63.7 Å². The average Bonchev–Trinajstić information content (AvgIpc) is 3.40. The quantitative estimate of drug-likeness (QED) is 0.314. The molecule has 8 heteroatoms. The van der Waals surface area contributed by atoms with E-state index in [0.29, 0.717) is 36.0 Å². The lowest BCUT2D eigenvalue weighted by atomic mass is 10.0. The Balaban J connectivity index is 1.34. The fourth-order valence-corrected chi connectivity index (χ4v) is 5.26. The number of hydrogen-bond donors (Lipinski definition) is 1. The van der Waals surface area contributed by atoms with Gasteiger partial charge in [-0.25, -0.2) is 4.98 Å².